The van der Waals surface area contributed by atoms with Gasteiger partial charge < -0.3 is 17.2 Å². The van der Waals surface area contributed by atoms with Crippen LogP contribution < -0.4 is 17.2 Å². The largest absolute Gasteiger partial charge is 0.370 e. The van der Waals surface area contributed by atoms with Crippen LogP contribution >= 0.6 is 24.8 Å². The van der Waals surface area contributed by atoms with E-state index < -0.39 is 0 Å². The highest BCUT2D eigenvalue weighted by Gasteiger charge is 1.82. The molecule has 0 saturated heterocycles. The van der Waals surface area contributed by atoms with Gasteiger partial charge in [-0.15, -0.1) is 24.8 Å². The Morgan fingerprint density at radius 2 is 1.64 bits per heavy atom. The quantitative estimate of drug-likeness (QED) is 0.337. The third kappa shape index (κ3) is 17.7. The van der Waals surface area contributed by atoms with E-state index in [9.17, 15) is 0 Å². The minimum absolute atomic E-state index is 0. The fourth-order valence-electron chi connectivity index (χ4n) is 0.464. The summed E-state index contributed by atoms with van der Waals surface area (Å²) in [5, 5.41) is 0. The zero-order valence-electron chi connectivity index (χ0n) is 6.32. The number of halogens is 2. The van der Waals surface area contributed by atoms with Crippen molar-refractivity contribution in [2.75, 3.05) is 13.1 Å². The lowest BCUT2D eigenvalue weighted by Gasteiger charge is -1.92. The molecule has 11 heavy (non-hydrogen) atoms. The lowest BCUT2D eigenvalue weighted by Crippen LogP contribution is -2.23. The van der Waals surface area contributed by atoms with Crippen molar-refractivity contribution in [3.8, 4) is 0 Å². The summed E-state index contributed by atoms with van der Waals surface area (Å²) in [7, 11) is 0. The van der Waals surface area contributed by atoms with E-state index in [4.69, 9.17) is 17.2 Å². The Bertz CT molecular complexity index is 92.5. The van der Waals surface area contributed by atoms with Crippen LogP contribution in [0.1, 0.15) is 12.8 Å². The number of nitrogens with two attached hydrogens (primary N) is 3. The van der Waals surface area contributed by atoms with E-state index in [1.165, 1.54) is 0 Å². The molecule has 0 aliphatic rings. The van der Waals surface area contributed by atoms with Gasteiger partial charge in [0.05, 0.1) is 0 Å². The van der Waals surface area contributed by atoms with Gasteiger partial charge in [-0.1, -0.05) is 0 Å². The zero-order chi connectivity index (χ0) is 7.11. The Hall–Kier alpha value is -0.190. The molecule has 0 spiro atoms. The summed E-state index contributed by atoms with van der Waals surface area (Å²) in [6, 6.07) is 0. The van der Waals surface area contributed by atoms with Gasteiger partial charge in [0.2, 0.25) is 0 Å². The van der Waals surface area contributed by atoms with Crippen LogP contribution in [0.5, 0.6) is 0 Å². The molecule has 0 fully saturated rings. The van der Waals surface area contributed by atoms with Crippen LogP contribution in [0.15, 0.2) is 4.99 Å². The van der Waals surface area contributed by atoms with Gasteiger partial charge >= 0.3 is 0 Å². The average molecular weight is 203 g/mol. The van der Waals surface area contributed by atoms with Gasteiger partial charge in [-0.25, -0.2) is 0 Å². The molecule has 0 bridgehead atoms. The number of guanidine groups is 1. The number of rotatable bonds is 4. The molecule has 70 valence electrons. The average Bonchev–Trinajstić information content (AvgIpc) is 1.80. The van der Waals surface area contributed by atoms with Crippen molar-refractivity contribution < 1.29 is 0 Å². The van der Waals surface area contributed by atoms with Crippen molar-refractivity contribution in [2.45, 2.75) is 12.8 Å². The second-order valence-corrected chi connectivity index (χ2v) is 1.80. The highest BCUT2D eigenvalue weighted by Crippen LogP contribution is 1.84. The van der Waals surface area contributed by atoms with E-state index in [0.717, 1.165) is 12.8 Å². The third-order valence-electron chi connectivity index (χ3n) is 0.907. The number of hydrogen-bond donors (Lipinski definition) is 3. The first-order valence-electron chi connectivity index (χ1n) is 3.03. The van der Waals surface area contributed by atoms with E-state index in [1.54, 1.807) is 0 Å². The SMILES string of the molecule is Cl.Cl.NCCCCN=C(N)N. The zero-order valence-corrected chi connectivity index (χ0v) is 7.96. The molecule has 0 aromatic heterocycles. The number of nitrogens with zero attached hydrogens (tertiary/aromatic N) is 1. The van der Waals surface area contributed by atoms with Crippen molar-refractivity contribution in [2.24, 2.45) is 22.2 Å². The summed E-state index contributed by atoms with van der Waals surface area (Å²) in [6.07, 6.45) is 1.95. The number of unbranched alkanes of at least 4 members (excludes halogenated alkanes) is 1. The molecule has 0 unspecified atom stereocenters. The highest BCUT2D eigenvalue weighted by molar-refractivity contribution is 5.85. The van der Waals surface area contributed by atoms with E-state index in [2.05, 4.69) is 4.99 Å². The van der Waals surface area contributed by atoms with Gasteiger partial charge in [0.15, 0.2) is 5.96 Å². The minimum Gasteiger partial charge on any atom is -0.370 e. The first-order chi connectivity index (χ1) is 4.27. The summed E-state index contributed by atoms with van der Waals surface area (Å²) in [4.78, 5) is 3.78. The Morgan fingerprint density at radius 1 is 1.09 bits per heavy atom. The normalized spacial score (nSPS) is 7.36. The van der Waals surface area contributed by atoms with E-state index in [-0.39, 0.29) is 30.8 Å². The molecule has 0 rings (SSSR count). The van der Waals surface area contributed by atoms with Gasteiger partial charge in [-0.2, -0.15) is 0 Å². The predicted molar refractivity (Wildman–Crippen MR) is 53.5 cm³/mol. The van der Waals surface area contributed by atoms with Crippen molar-refractivity contribution in [3.05, 3.63) is 0 Å². The smallest absolute Gasteiger partial charge is 0.185 e. The van der Waals surface area contributed by atoms with Crippen molar-refractivity contribution >= 4 is 30.8 Å². The summed E-state index contributed by atoms with van der Waals surface area (Å²) < 4.78 is 0. The topological polar surface area (TPSA) is 90.4 Å². The highest BCUT2D eigenvalue weighted by atomic mass is 35.5. The second-order valence-electron chi connectivity index (χ2n) is 1.80. The van der Waals surface area contributed by atoms with Crippen LogP contribution in [-0.2, 0) is 0 Å². The third-order valence-corrected chi connectivity index (χ3v) is 0.907. The van der Waals surface area contributed by atoms with E-state index in [0.29, 0.717) is 13.1 Å². The Kier molecular flexibility index (Phi) is 19.4. The van der Waals surface area contributed by atoms with Crippen LogP contribution in [0.2, 0.25) is 0 Å². The van der Waals surface area contributed by atoms with Crippen LogP contribution in [0.25, 0.3) is 0 Å². The molecule has 6 N–H and O–H groups in total. The molecule has 6 heteroatoms. The molecule has 0 saturated carbocycles. The number of aliphatic imine (C=N–C) groups is 1. The first kappa shape index (κ1) is 17.1. The molecule has 0 atom stereocenters. The lowest BCUT2D eigenvalue weighted by atomic mass is 10.3. The van der Waals surface area contributed by atoms with E-state index in [1.807, 2.05) is 0 Å². The van der Waals surface area contributed by atoms with Crippen LogP contribution in [0, 0.1) is 0 Å². The molecule has 0 heterocycles. The van der Waals surface area contributed by atoms with Crippen molar-refractivity contribution in [1.29, 1.82) is 0 Å². The fourth-order valence-corrected chi connectivity index (χ4v) is 0.464. The summed E-state index contributed by atoms with van der Waals surface area (Å²) in [5.74, 6) is 0.159. The molecule has 4 nitrogen and oxygen atoms in total. The van der Waals surface area contributed by atoms with Crippen LogP contribution in [0.3, 0.4) is 0 Å². The predicted octanol–water partition coefficient (Wildman–Crippen LogP) is -0.158. The second kappa shape index (κ2) is 12.5. The lowest BCUT2D eigenvalue weighted by molar-refractivity contribution is 0.755. The Morgan fingerprint density at radius 3 is 2.00 bits per heavy atom. The van der Waals surface area contributed by atoms with Gasteiger partial charge in [0, 0.05) is 6.54 Å². The molecule has 0 aliphatic heterocycles. The summed E-state index contributed by atoms with van der Waals surface area (Å²) in [6.45, 7) is 1.40. The fraction of sp³-hybridized carbons (Fsp3) is 0.800. The van der Waals surface area contributed by atoms with Crippen LogP contribution in [-0.4, -0.2) is 19.0 Å². The van der Waals surface area contributed by atoms with Gasteiger partial charge in [-0.05, 0) is 19.4 Å². The maximum absolute atomic E-state index is 5.23. The molecule has 0 amide bonds. The molecule has 0 radical (unpaired) electrons. The standard InChI is InChI=1S/C5H14N4.2ClH/c6-3-1-2-4-9-5(7)8;;/h1-4,6H2,(H4,7,8,9);2*1H. The minimum atomic E-state index is 0. The molecule has 0 aliphatic carbocycles. The summed E-state index contributed by atoms with van der Waals surface area (Å²) >= 11 is 0. The maximum Gasteiger partial charge on any atom is 0.185 e. The molecule has 0 aromatic carbocycles. The first-order valence-corrected chi connectivity index (χ1v) is 3.03. The van der Waals surface area contributed by atoms with Crippen molar-refractivity contribution in [1.82, 2.24) is 0 Å². The van der Waals surface area contributed by atoms with E-state index >= 15 is 0 Å². The van der Waals surface area contributed by atoms with Crippen LogP contribution in [0.4, 0.5) is 0 Å². The van der Waals surface area contributed by atoms with Gasteiger partial charge in [-0.3, -0.25) is 4.99 Å². The van der Waals surface area contributed by atoms with Crippen molar-refractivity contribution in [3.63, 3.8) is 0 Å². The monoisotopic (exact) mass is 202 g/mol. The molecular weight excluding hydrogens is 187 g/mol. The van der Waals surface area contributed by atoms with Gasteiger partial charge in [0.1, 0.15) is 0 Å². The maximum atomic E-state index is 5.23. The molecule has 0 aromatic rings. The Labute approximate surface area is 79.4 Å². The molecular formula is C5H16Cl2N4. The van der Waals surface area contributed by atoms with Gasteiger partial charge in [0.25, 0.3) is 0 Å². The summed E-state index contributed by atoms with van der Waals surface area (Å²) in [5.41, 5.74) is 15.4. The number of hydrogen-bond acceptors (Lipinski definition) is 2. The Balaban J connectivity index is -0.000000320.